The highest BCUT2D eigenvalue weighted by molar-refractivity contribution is 5.89. The Morgan fingerprint density at radius 1 is 0.971 bits per heavy atom. The van der Waals surface area contributed by atoms with E-state index in [0.717, 1.165) is 51.8 Å². The fraction of sp³-hybridized carbons (Fsp3) is 0.194. The Bertz CT molecular complexity index is 1340. The van der Waals surface area contributed by atoms with Gasteiger partial charge in [0.05, 0.1) is 11.4 Å². The number of nitrogens with zero attached hydrogens (tertiary/aromatic N) is 2. The molecule has 1 aliphatic rings. The standard InChI is InChI=1S/C31H34N4/c1-8-9-30(35(7)19-24-12-10-21(4)11-13-24)26-16-27(22(5)32-18-26)31(20(2)3)25-14-15-28-29(17-25)34-23(6)33-28/h8-18,33-34H,1,6,19H2,2-5,7H3/b30-9-. The normalized spacial score (nSPS) is 12.5. The number of pyridine rings is 1. The van der Waals surface area contributed by atoms with Crippen LogP contribution in [0.4, 0.5) is 11.4 Å². The molecule has 0 aliphatic carbocycles. The Balaban J connectivity index is 1.73. The first kappa shape index (κ1) is 24.1. The van der Waals surface area contributed by atoms with Crippen molar-refractivity contribution < 1.29 is 0 Å². The van der Waals surface area contributed by atoms with Gasteiger partial charge in [-0.1, -0.05) is 60.7 Å². The summed E-state index contributed by atoms with van der Waals surface area (Å²) in [6.45, 7) is 17.2. The molecule has 3 aromatic rings. The van der Waals surface area contributed by atoms with Crippen LogP contribution in [0, 0.1) is 13.8 Å². The second-order valence-electron chi connectivity index (χ2n) is 9.35. The van der Waals surface area contributed by atoms with Crippen molar-refractivity contribution in [1.82, 2.24) is 9.88 Å². The molecule has 0 saturated carbocycles. The maximum absolute atomic E-state index is 4.82. The van der Waals surface area contributed by atoms with E-state index in [9.17, 15) is 0 Å². The van der Waals surface area contributed by atoms with E-state index < -0.39 is 0 Å². The van der Waals surface area contributed by atoms with Crippen molar-refractivity contribution in [2.24, 2.45) is 0 Å². The molecule has 178 valence electrons. The Morgan fingerprint density at radius 2 is 1.69 bits per heavy atom. The minimum absolute atomic E-state index is 0.798. The van der Waals surface area contributed by atoms with Gasteiger partial charge in [0.2, 0.25) is 0 Å². The summed E-state index contributed by atoms with van der Waals surface area (Å²) in [6.07, 6.45) is 5.86. The lowest BCUT2D eigenvalue weighted by atomic mass is 9.91. The summed E-state index contributed by atoms with van der Waals surface area (Å²) in [6, 6.07) is 17.4. The molecule has 35 heavy (non-hydrogen) atoms. The summed E-state index contributed by atoms with van der Waals surface area (Å²) >= 11 is 0. The van der Waals surface area contributed by atoms with Crippen LogP contribution in [-0.2, 0) is 6.54 Å². The van der Waals surface area contributed by atoms with Crippen LogP contribution >= 0.6 is 0 Å². The van der Waals surface area contributed by atoms with Crippen molar-refractivity contribution in [1.29, 1.82) is 0 Å². The van der Waals surface area contributed by atoms with Crippen LogP contribution in [0.1, 0.15) is 47.4 Å². The van der Waals surface area contributed by atoms with Crippen molar-refractivity contribution in [3.63, 3.8) is 0 Å². The molecule has 0 unspecified atom stereocenters. The molecule has 0 saturated heterocycles. The third kappa shape index (κ3) is 5.22. The van der Waals surface area contributed by atoms with Crippen LogP contribution in [0.25, 0.3) is 11.3 Å². The molecular formula is C31H34N4. The minimum atomic E-state index is 0.798. The molecule has 0 amide bonds. The Morgan fingerprint density at radius 3 is 2.37 bits per heavy atom. The lowest BCUT2D eigenvalue weighted by Gasteiger charge is -2.24. The van der Waals surface area contributed by atoms with Gasteiger partial charge in [-0.3, -0.25) is 4.98 Å². The van der Waals surface area contributed by atoms with Crippen molar-refractivity contribution >= 4 is 22.6 Å². The number of fused-ring (bicyclic) bond motifs is 1. The molecule has 0 bridgehead atoms. The van der Waals surface area contributed by atoms with E-state index in [-0.39, 0.29) is 0 Å². The topological polar surface area (TPSA) is 40.2 Å². The molecule has 2 aromatic carbocycles. The van der Waals surface area contributed by atoms with Gasteiger partial charge in [0.15, 0.2) is 0 Å². The third-order valence-electron chi connectivity index (χ3n) is 6.26. The summed E-state index contributed by atoms with van der Waals surface area (Å²) < 4.78 is 0. The van der Waals surface area contributed by atoms with Crippen LogP contribution in [0.5, 0.6) is 0 Å². The smallest absolute Gasteiger partial charge is 0.100 e. The van der Waals surface area contributed by atoms with E-state index >= 15 is 0 Å². The molecule has 4 nitrogen and oxygen atoms in total. The summed E-state index contributed by atoms with van der Waals surface area (Å²) in [7, 11) is 2.11. The Hall–Kier alpha value is -4.05. The number of anilines is 2. The molecule has 0 radical (unpaired) electrons. The summed E-state index contributed by atoms with van der Waals surface area (Å²) in [4.78, 5) is 7.07. The molecule has 2 heterocycles. The van der Waals surface area contributed by atoms with Gasteiger partial charge in [0, 0.05) is 42.3 Å². The van der Waals surface area contributed by atoms with Gasteiger partial charge in [-0.25, -0.2) is 0 Å². The van der Waals surface area contributed by atoms with Gasteiger partial charge in [-0.2, -0.15) is 0 Å². The number of aromatic nitrogens is 1. The molecule has 1 aromatic heterocycles. The second kappa shape index (κ2) is 10.1. The zero-order valence-corrected chi connectivity index (χ0v) is 21.4. The van der Waals surface area contributed by atoms with Crippen molar-refractivity contribution in [2.45, 2.75) is 34.2 Å². The Kier molecular flexibility index (Phi) is 6.92. The zero-order chi connectivity index (χ0) is 25.1. The molecular weight excluding hydrogens is 428 g/mol. The van der Waals surface area contributed by atoms with Gasteiger partial charge >= 0.3 is 0 Å². The van der Waals surface area contributed by atoms with Crippen LogP contribution < -0.4 is 10.6 Å². The first-order valence-corrected chi connectivity index (χ1v) is 11.9. The maximum atomic E-state index is 4.82. The number of aryl methyl sites for hydroxylation is 2. The second-order valence-corrected chi connectivity index (χ2v) is 9.35. The van der Waals surface area contributed by atoms with E-state index in [4.69, 9.17) is 4.98 Å². The SMILES string of the molecule is C=C/C=C(/c1cnc(C)c(C(=C(C)C)c2ccc3c(c2)NC(=C)N3)c1)N(C)Cc1ccc(C)cc1. The van der Waals surface area contributed by atoms with E-state index in [1.807, 2.05) is 12.3 Å². The van der Waals surface area contributed by atoms with Gasteiger partial charge in [-0.05, 0) is 68.7 Å². The average Bonchev–Trinajstić information content (AvgIpc) is 3.19. The number of benzene rings is 2. The third-order valence-corrected chi connectivity index (χ3v) is 6.26. The van der Waals surface area contributed by atoms with Crippen LogP contribution in [0.3, 0.4) is 0 Å². The van der Waals surface area contributed by atoms with Crippen LogP contribution in [-0.4, -0.2) is 16.9 Å². The van der Waals surface area contributed by atoms with Crippen molar-refractivity contribution in [3.8, 4) is 0 Å². The van der Waals surface area contributed by atoms with Gasteiger partial charge in [0.25, 0.3) is 0 Å². The molecule has 4 heteroatoms. The largest absolute Gasteiger partial charge is 0.370 e. The minimum Gasteiger partial charge on any atom is -0.370 e. The fourth-order valence-corrected chi connectivity index (χ4v) is 4.52. The summed E-state index contributed by atoms with van der Waals surface area (Å²) in [5.41, 5.74) is 12.5. The molecule has 2 N–H and O–H groups in total. The summed E-state index contributed by atoms with van der Waals surface area (Å²) in [5.74, 6) is 0.798. The van der Waals surface area contributed by atoms with Crippen molar-refractivity contribution in [3.05, 3.63) is 125 Å². The molecule has 1 aliphatic heterocycles. The van der Waals surface area contributed by atoms with Gasteiger partial charge < -0.3 is 15.5 Å². The van der Waals surface area contributed by atoms with Crippen LogP contribution in [0.2, 0.25) is 0 Å². The Labute approximate surface area is 209 Å². The van der Waals surface area contributed by atoms with Crippen molar-refractivity contribution in [2.75, 3.05) is 17.7 Å². The highest BCUT2D eigenvalue weighted by atomic mass is 15.2. The predicted molar refractivity (Wildman–Crippen MR) is 150 cm³/mol. The first-order chi connectivity index (χ1) is 16.8. The lowest BCUT2D eigenvalue weighted by molar-refractivity contribution is 0.475. The fourth-order valence-electron chi connectivity index (χ4n) is 4.52. The average molecular weight is 463 g/mol. The van der Waals surface area contributed by atoms with Gasteiger partial charge in [-0.15, -0.1) is 0 Å². The van der Waals surface area contributed by atoms with E-state index in [1.165, 1.54) is 22.3 Å². The maximum Gasteiger partial charge on any atom is 0.100 e. The number of allylic oxidation sites excluding steroid dienone is 3. The molecule has 4 rings (SSSR count). The number of rotatable bonds is 7. The molecule has 0 spiro atoms. The zero-order valence-electron chi connectivity index (χ0n) is 21.4. The molecule has 0 atom stereocenters. The first-order valence-electron chi connectivity index (χ1n) is 11.9. The van der Waals surface area contributed by atoms with E-state index in [2.05, 4.69) is 118 Å². The van der Waals surface area contributed by atoms with Crippen LogP contribution in [0.15, 0.2) is 91.4 Å². The van der Waals surface area contributed by atoms with E-state index in [1.54, 1.807) is 0 Å². The highest BCUT2D eigenvalue weighted by Crippen LogP contribution is 2.37. The molecule has 0 fully saturated rings. The van der Waals surface area contributed by atoms with E-state index in [0.29, 0.717) is 0 Å². The quantitative estimate of drug-likeness (QED) is 0.357. The highest BCUT2D eigenvalue weighted by Gasteiger charge is 2.18. The number of nitrogens with one attached hydrogen (secondary N) is 2. The predicted octanol–water partition coefficient (Wildman–Crippen LogP) is 7.51. The van der Waals surface area contributed by atoms with Gasteiger partial charge in [0.1, 0.15) is 5.82 Å². The number of hydrogen-bond donors (Lipinski definition) is 2. The number of hydrogen-bond acceptors (Lipinski definition) is 4. The monoisotopic (exact) mass is 462 g/mol. The summed E-state index contributed by atoms with van der Waals surface area (Å²) in [5, 5.41) is 6.58. The lowest BCUT2D eigenvalue weighted by Crippen LogP contribution is -2.17.